The first-order valence-electron chi connectivity index (χ1n) is 10.5. The molecule has 7 nitrogen and oxygen atoms in total. The van der Waals surface area contributed by atoms with E-state index in [2.05, 4.69) is 46.8 Å². The molecule has 1 aromatic heterocycles. The molecule has 1 aromatic carbocycles. The number of guanidine groups is 1. The standard InChI is InChI=1S/C22H36N6O/c1-17(2)8-6-7-14-23-22(25-16-21-27-26-18(3)28(21)4)24-15-13-19-9-11-20(29-5)12-10-19/h9-12,17H,6-8,13-16H2,1-5H3,(H2,23,24,25). The third-order valence-corrected chi connectivity index (χ3v) is 4.93. The monoisotopic (exact) mass is 400 g/mol. The Labute approximate surface area is 175 Å². The van der Waals surface area contributed by atoms with Gasteiger partial charge in [-0.1, -0.05) is 38.8 Å². The van der Waals surface area contributed by atoms with Gasteiger partial charge in [0.1, 0.15) is 18.1 Å². The fourth-order valence-corrected chi connectivity index (χ4v) is 2.91. The lowest BCUT2D eigenvalue weighted by molar-refractivity contribution is 0.414. The summed E-state index contributed by atoms with van der Waals surface area (Å²) in [7, 11) is 3.65. The van der Waals surface area contributed by atoms with Gasteiger partial charge in [0.05, 0.1) is 7.11 Å². The van der Waals surface area contributed by atoms with E-state index in [-0.39, 0.29) is 0 Å². The molecule has 2 aromatic rings. The van der Waals surface area contributed by atoms with Gasteiger partial charge in [-0.3, -0.25) is 0 Å². The van der Waals surface area contributed by atoms with Crippen LogP contribution in [0.15, 0.2) is 29.3 Å². The van der Waals surface area contributed by atoms with Crippen LogP contribution in [-0.2, 0) is 20.0 Å². The summed E-state index contributed by atoms with van der Waals surface area (Å²) in [5.41, 5.74) is 1.26. The van der Waals surface area contributed by atoms with Gasteiger partial charge in [-0.25, -0.2) is 4.99 Å². The van der Waals surface area contributed by atoms with Crippen LogP contribution in [0.5, 0.6) is 5.75 Å². The highest BCUT2D eigenvalue weighted by atomic mass is 16.5. The number of unbranched alkanes of at least 4 members (excludes halogenated alkanes) is 1. The first kappa shape index (κ1) is 22.7. The second-order valence-corrected chi connectivity index (χ2v) is 7.73. The number of aromatic nitrogens is 3. The lowest BCUT2D eigenvalue weighted by Gasteiger charge is -2.13. The van der Waals surface area contributed by atoms with Crippen molar-refractivity contribution in [3.8, 4) is 5.75 Å². The van der Waals surface area contributed by atoms with Gasteiger partial charge in [0, 0.05) is 20.1 Å². The number of rotatable bonds is 11. The normalized spacial score (nSPS) is 11.7. The Bertz CT molecular complexity index is 751. The summed E-state index contributed by atoms with van der Waals surface area (Å²) in [6, 6.07) is 8.18. The fraction of sp³-hybridized carbons (Fsp3) is 0.591. The number of benzene rings is 1. The predicted molar refractivity (Wildman–Crippen MR) is 118 cm³/mol. The Morgan fingerprint density at radius 1 is 1.10 bits per heavy atom. The lowest BCUT2D eigenvalue weighted by Crippen LogP contribution is -2.39. The van der Waals surface area contributed by atoms with Crippen LogP contribution in [0.25, 0.3) is 0 Å². The van der Waals surface area contributed by atoms with Gasteiger partial charge >= 0.3 is 0 Å². The van der Waals surface area contributed by atoms with E-state index in [9.17, 15) is 0 Å². The zero-order valence-corrected chi connectivity index (χ0v) is 18.5. The van der Waals surface area contributed by atoms with Gasteiger partial charge in [0.25, 0.3) is 0 Å². The van der Waals surface area contributed by atoms with E-state index >= 15 is 0 Å². The highest BCUT2D eigenvalue weighted by molar-refractivity contribution is 5.79. The van der Waals surface area contributed by atoms with Gasteiger partial charge in [0.15, 0.2) is 11.8 Å². The van der Waals surface area contributed by atoms with E-state index in [1.54, 1.807) is 7.11 Å². The molecular formula is C22H36N6O. The quantitative estimate of drug-likeness (QED) is 0.344. The summed E-state index contributed by atoms with van der Waals surface area (Å²) < 4.78 is 7.19. The molecular weight excluding hydrogens is 364 g/mol. The van der Waals surface area contributed by atoms with Crippen molar-refractivity contribution in [2.24, 2.45) is 18.0 Å². The molecule has 0 radical (unpaired) electrons. The van der Waals surface area contributed by atoms with Crippen molar-refractivity contribution in [2.75, 3.05) is 20.2 Å². The highest BCUT2D eigenvalue weighted by Gasteiger charge is 2.05. The first-order chi connectivity index (χ1) is 14.0. The summed E-state index contributed by atoms with van der Waals surface area (Å²) in [6.45, 7) is 8.71. The van der Waals surface area contributed by atoms with Crippen molar-refractivity contribution < 1.29 is 4.74 Å². The topological polar surface area (TPSA) is 76.4 Å². The molecule has 2 N–H and O–H groups in total. The summed E-state index contributed by atoms with van der Waals surface area (Å²) in [6.07, 6.45) is 4.55. The molecule has 0 spiro atoms. The second-order valence-electron chi connectivity index (χ2n) is 7.73. The van der Waals surface area contributed by atoms with Crippen molar-refractivity contribution in [1.29, 1.82) is 0 Å². The largest absolute Gasteiger partial charge is 0.497 e. The second kappa shape index (κ2) is 12.1. The molecule has 0 aliphatic heterocycles. The van der Waals surface area contributed by atoms with Crippen LogP contribution >= 0.6 is 0 Å². The van der Waals surface area contributed by atoms with Gasteiger partial charge in [-0.2, -0.15) is 0 Å². The maximum atomic E-state index is 5.22. The number of nitrogens with zero attached hydrogens (tertiary/aromatic N) is 4. The van der Waals surface area contributed by atoms with Crippen LogP contribution < -0.4 is 15.4 Å². The Morgan fingerprint density at radius 3 is 2.45 bits per heavy atom. The number of methoxy groups -OCH3 is 1. The lowest BCUT2D eigenvalue weighted by atomic mass is 10.1. The SMILES string of the molecule is COc1ccc(CCNC(=NCc2nnc(C)n2C)NCCCCC(C)C)cc1. The number of nitrogens with one attached hydrogen (secondary N) is 2. The van der Waals surface area contributed by atoms with E-state index < -0.39 is 0 Å². The maximum Gasteiger partial charge on any atom is 0.191 e. The Morgan fingerprint density at radius 2 is 1.83 bits per heavy atom. The molecule has 0 aliphatic carbocycles. The molecule has 2 rings (SSSR count). The van der Waals surface area contributed by atoms with Crippen LogP contribution in [0.1, 0.15) is 50.3 Å². The zero-order chi connectivity index (χ0) is 21.1. The molecule has 0 saturated heterocycles. The van der Waals surface area contributed by atoms with Gasteiger partial charge in [0.2, 0.25) is 0 Å². The number of hydrogen-bond donors (Lipinski definition) is 2. The molecule has 0 aliphatic rings. The summed E-state index contributed by atoms with van der Waals surface area (Å²) in [4.78, 5) is 4.71. The van der Waals surface area contributed by atoms with Crippen LogP contribution in [-0.4, -0.2) is 40.9 Å². The molecule has 0 unspecified atom stereocenters. The van der Waals surface area contributed by atoms with E-state index in [0.717, 1.165) is 55.2 Å². The van der Waals surface area contributed by atoms with Crippen molar-refractivity contribution >= 4 is 5.96 Å². The summed E-state index contributed by atoms with van der Waals surface area (Å²) in [5.74, 6) is 4.21. The highest BCUT2D eigenvalue weighted by Crippen LogP contribution is 2.11. The number of aliphatic imine (C=N–C) groups is 1. The molecule has 0 bridgehead atoms. The van der Waals surface area contributed by atoms with Crippen LogP contribution in [0.2, 0.25) is 0 Å². The summed E-state index contributed by atoms with van der Waals surface area (Å²) in [5, 5.41) is 15.2. The molecule has 160 valence electrons. The molecule has 29 heavy (non-hydrogen) atoms. The van der Waals surface area contributed by atoms with Crippen LogP contribution in [0, 0.1) is 12.8 Å². The minimum atomic E-state index is 0.501. The maximum absolute atomic E-state index is 5.22. The smallest absolute Gasteiger partial charge is 0.191 e. The third-order valence-electron chi connectivity index (χ3n) is 4.93. The summed E-state index contributed by atoms with van der Waals surface area (Å²) >= 11 is 0. The van der Waals surface area contributed by atoms with E-state index in [1.165, 1.54) is 18.4 Å². The zero-order valence-electron chi connectivity index (χ0n) is 18.5. The Kier molecular flexibility index (Phi) is 9.47. The molecule has 0 fully saturated rings. The van der Waals surface area contributed by atoms with E-state index in [1.807, 2.05) is 30.7 Å². The molecule has 0 saturated carbocycles. The average Bonchev–Trinajstić information content (AvgIpc) is 3.03. The predicted octanol–water partition coefficient (Wildman–Crippen LogP) is 3.24. The Balaban J connectivity index is 1.87. The first-order valence-corrected chi connectivity index (χ1v) is 10.5. The number of ether oxygens (including phenoxy) is 1. The van der Waals surface area contributed by atoms with E-state index in [4.69, 9.17) is 9.73 Å². The van der Waals surface area contributed by atoms with Crippen LogP contribution in [0.3, 0.4) is 0 Å². The van der Waals surface area contributed by atoms with Crippen molar-refractivity contribution in [3.63, 3.8) is 0 Å². The third kappa shape index (κ3) is 8.13. The van der Waals surface area contributed by atoms with Gasteiger partial charge in [-0.05, 0) is 43.4 Å². The van der Waals surface area contributed by atoms with Crippen molar-refractivity contribution in [2.45, 2.75) is 53.0 Å². The molecule has 0 atom stereocenters. The van der Waals surface area contributed by atoms with Crippen molar-refractivity contribution in [1.82, 2.24) is 25.4 Å². The van der Waals surface area contributed by atoms with Crippen LogP contribution in [0.4, 0.5) is 0 Å². The molecule has 7 heteroatoms. The molecule has 0 amide bonds. The van der Waals surface area contributed by atoms with Crippen molar-refractivity contribution in [3.05, 3.63) is 41.5 Å². The van der Waals surface area contributed by atoms with E-state index in [0.29, 0.717) is 6.54 Å². The number of aryl methyl sites for hydroxylation is 1. The number of hydrogen-bond acceptors (Lipinski definition) is 4. The minimum Gasteiger partial charge on any atom is -0.497 e. The van der Waals surface area contributed by atoms with Gasteiger partial charge in [-0.15, -0.1) is 10.2 Å². The fourth-order valence-electron chi connectivity index (χ4n) is 2.91. The van der Waals surface area contributed by atoms with Gasteiger partial charge < -0.3 is 19.9 Å². The average molecular weight is 401 g/mol. The Hall–Kier alpha value is -2.57. The molecule has 1 heterocycles. The minimum absolute atomic E-state index is 0.501.